The third-order valence-corrected chi connectivity index (χ3v) is 6.57. The number of benzene rings is 4. The fourth-order valence-electron chi connectivity index (χ4n) is 4.54. The van der Waals surface area contributed by atoms with E-state index in [1.54, 1.807) is 62.8 Å². The van der Waals surface area contributed by atoms with E-state index >= 15 is 0 Å². The molecule has 0 spiro atoms. The van der Waals surface area contributed by atoms with Crippen LogP contribution in [0.15, 0.2) is 115 Å². The molecule has 0 saturated carbocycles. The lowest BCUT2D eigenvalue weighted by atomic mass is 10.0. The van der Waals surface area contributed by atoms with E-state index in [-0.39, 0.29) is 10.9 Å². The van der Waals surface area contributed by atoms with Crippen molar-refractivity contribution in [2.24, 2.45) is 0 Å². The number of rotatable bonds is 4. The van der Waals surface area contributed by atoms with Crippen LogP contribution < -0.4 is 20.3 Å². The topological polar surface area (TPSA) is 78.9 Å². The third kappa shape index (κ3) is 4.61. The van der Waals surface area contributed by atoms with Crippen LogP contribution in [0.25, 0.3) is 44.6 Å². The van der Waals surface area contributed by atoms with E-state index in [0.717, 1.165) is 0 Å². The zero-order valence-electron chi connectivity index (χ0n) is 21.7. The Morgan fingerprint density at radius 1 is 0.550 bits per heavy atom. The van der Waals surface area contributed by atoms with Crippen molar-refractivity contribution in [3.63, 3.8) is 0 Å². The first-order valence-electron chi connectivity index (χ1n) is 12.5. The van der Waals surface area contributed by atoms with Gasteiger partial charge in [0.2, 0.25) is 0 Å². The van der Waals surface area contributed by atoms with Crippen LogP contribution in [0.2, 0.25) is 0 Å². The normalized spacial score (nSPS) is 10.8. The van der Waals surface area contributed by atoms with Crippen LogP contribution in [0.4, 0.5) is 0 Å². The molecule has 0 unspecified atom stereocenters. The molecular formula is C34H22O6. The fraction of sp³-hybridized carbons (Fsp3) is 0.0588. The zero-order valence-corrected chi connectivity index (χ0v) is 21.7. The van der Waals surface area contributed by atoms with Crippen LogP contribution in [0, 0.1) is 11.8 Å². The molecule has 0 aliphatic rings. The van der Waals surface area contributed by atoms with E-state index in [1.807, 2.05) is 36.4 Å². The standard InChI is InChI=1S/C34H22O6/c1-37-29-15-13-23(33-19-27(35)25-7-3-5-9-31(25)39-33)17-21(29)11-12-22-18-24(14-16-30(22)38-2)34-20-28(36)26-8-4-6-10-32(26)40-34/h3-10,13-20H,1-2H3. The Hall–Kier alpha value is -5.54. The third-order valence-electron chi connectivity index (χ3n) is 6.57. The Morgan fingerprint density at radius 2 is 0.975 bits per heavy atom. The van der Waals surface area contributed by atoms with Crippen molar-refractivity contribution in [2.45, 2.75) is 0 Å². The van der Waals surface area contributed by atoms with Crippen LogP contribution >= 0.6 is 0 Å². The summed E-state index contributed by atoms with van der Waals surface area (Å²) in [6.07, 6.45) is 0. The zero-order chi connectivity index (χ0) is 27.6. The molecule has 6 aromatic rings. The Bertz CT molecular complexity index is 1940. The van der Waals surface area contributed by atoms with Gasteiger partial charge in [-0.15, -0.1) is 0 Å². The van der Waals surface area contributed by atoms with E-state index < -0.39 is 0 Å². The van der Waals surface area contributed by atoms with Gasteiger partial charge in [-0.25, -0.2) is 0 Å². The van der Waals surface area contributed by atoms with Gasteiger partial charge in [0.1, 0.15) is 34.2 Å². The molecule has 194 valence electrons. The predicted octanol–water partition coefficient (Wildman–Crippen LogP) is 6.65. The molecule has 0 atom stereocenters. The van der Waals surface area contributed by atoms with Crippen LogP contribution in [0.5, 0.6) is 11.5 Å². The molecule has 6 heteroatoms. The summed E-state index contributed by atoms with van der Waals surface area (Å²) in [4.78, 5) is 25.3. The highest BCUT2D eigenvalue weighted by Gasteiger charge is 2.12. The van der Waals surface area contributed by atoms with Gasteiger partial charge in [0.25, 0.3) is 0 Å². The van der Waals surface area contributed by atoms with E-state index in [1.165, 1.54) is 12.1 Å². The lowest BCUT2D eigenvalue weighted by Crippen LogP contribution is -2.00. The minimum absolute atomic E-state index is 0.123. The van der Waals surface area contributed by atoms with E-state index in [2.05, 4.69) is 11.8 Å². The molecule has 0 amide bonds. The van der Waals surface area contributed by atoms with Gasteiger partial charge in [0.15, 0.2) is 10.9 Å². The van der Waals surface area contributed by atoms with Gasteiger partial charge in [-0.3, -0.25) is 9.59 Å². The fourth-order valence-corrected chi connectivity index (χ4v) is 4.54. The van der Waals surface area contributed by atoms with E-state index in [4.69, 9.17) is 18.3 Å². The minimum Gasteiger partial charge on any atom is -0.495 e. The van der Waals surface area contributed by atoms with Crippen LogP contribution in [-0.4, -0.2) is 14.2 Å². The molecule has 0 fully saturated rings. The summed E-state index contributed by atoms with van der Waals surface area (Å²) in [6.45, 7) is 0. The highest BCUT2D eigenvalue weighted by Crippen LogP contribution is 2.30. The first-order valence-corrected chi connectivity index (χ1v) is 12.5. The van der Waals surface area contributed by atoms with E-state index in [0.29, 0.717) is 67.2 Å². The van der Waals surface area contributed by atoms with Crippen molar-refractivity contribution in [3.05, 3.63) is 129 Å². The maximum absolute atomic E-state index is 12.7. The number of ether oxygens (including phenoxy) is 2. The lowest BCUT2D eigenvalue weighted by Gasteiger charge is -2.08. The molecule has 0 bridgehead atoms. The molecule has 6 nitrogen and oxygen atoms in total. The number of fused-ring (bicyclic) bond motifs is 2. The predicted molar refractivity (Wildman–Crippen MR) is 155 cm³/mol. The molecule has 0 aliphatic carbocycles. The highest BCUT2D eigenvalue weighted by atomic mass is 16.5. The van der Waals surface area contributed by atoms with E-state index in [9.17, 15) is 9.59 Å². The molecule has 0 radical (unpaired) electrons. The average Bonchev–Trinajstić information content (AvgIpc) is 2.99. The molecular weight excluding hydrogens is 504 g/mol. The van der Waals surface area contributed by atoms with Crippen LogP contribution in [0.3, 0.4) is 0 Å². The van der Waals surface area contributed by atoms with Crippen molar-refractivity contribution >= 4 is 21.9 Å². The summed E-state index contributed by atoms with van der Waals surface area (Å²) >= 11 is 0. The Kier molecular flexibility index (Phi) is 6.39. The maximum atomic E-state index is 12.7. The Balaban J connectivity index is 1.43. The van der Waals surface area contributed by atoms with Crippen molar-refractivity contribution in [2.75, 3.05) is 14.2 Å². The van der Waals surface area contributed by atoms with Crippen LogP contribution in [-0.2, 0) is 0 Å². The summed E-state index contributed by atoms with van der Waals surface area (Å²) in [5, 5.41) is 1.04. The van der Waals surface area contributed by atoms with Crippen molar-refractivity contribution in [3.8, 4) is 46.0 Å². The van der Waals surface area contributed by atoms with Gasteiger partial charge < -0.3 is 18.3 Å². The van der Waals surface area contributed by atoms with Gasteiger partial charge in [-0.05, 0) is 60.7 Å². The highest BCUT2D eigenvalue weighted by molar-refractivity contribution is 5.80. The molecule has 0 aliphatic heterocycles. The maximum Gasteiger partial charge on any atom is 0.193 e. The second-order valence-corrected chi connectivity index (χ2v) is 9.02. The SMILES string of the molecule is COc1ccc(-c2cc(=O)c3ccccc3o2)cc1C#Cc1cc(-c2cc(=O)c3ccccc3o2)ccc1OC. The average molecular weight is 527 g/mol. The van der Waals surface area contributed by atoms with Gasteiger partial charge >= 0.3 is 0 Å². The van der Waals surface area contributed by atoms with Crippen molar-refractivity contribution in [1.82, 2.24) is 0 Å². The first-order chi connectivity index (χ1) is 19.5. The molecule has 2 heterocycles. The smallest absolute Gasteiger partial charge is 0.193 e. The van der Waals surface area contributed by atoms with Gasteiger partial charge in [0, 0.05) is 23.3 Å². The second kappa shape index (κ2) is 10.3. The molecule has 0 N–H and O–H groups in total. The van der Waals surface area contributed by atoms with Gasteiger partial charge in [0.05, 0.1) is 36.1 Å². The summed E-state index contributed by atoms with van der Waals surface area (Å²) < 4.78 is 23.1. The summed E-state index contributed by atoms with van der Waals surface area (Å²) in [6, 6.07) is 28.1. The summed E-state index contributed by atoms with van der Waals surface area (Å²) in [5.74, 6) is 8.33. The molecule has 0 saturated heterocycles. The molecule has 2 aromatic heterocycles. The largest absolute Gasteiger partial charge is 0.495 e. The van der Waals surface area contributed by atoms with Crippen molar-refractivity contribution in [1.29, 1.82) is 0 Å². The number of hydrogen-bond donors (Lipinski definition) is 0. The number of para-hydroxylation sites is 2. The summed E-state index contributed by atoms with van der Waals surface area (Å²) in [5.41, 5.74) is 3.34. The quantitative estimate of drug-likeness (QED) is 0.239. The number of methoxy groups -OCH3 is 2. The second-order valence-electron chi connectivity index (χ2n) is 9.02. The molecule has 6 rings (SSSR count). The summed E-state index contributed by atoms with van der Waals surface area (Å²) in [7, 11) is 3.14. The Labute approximate surface area is 229 Å². The van der Waals surface area contributed by atoms with Crippen molar-refractivity contribution < 1.29 is 18.3 Å². The van der Waals surface area contributed by atoms with Crippen LogP contribution in [0.1, 0.15) is 11.1 Å². The number of hydrogen-bond acceptors (Lipinski definition) is 6. The monoisotopic (exact) mass is 526 g/mol. The lowest BCUT2D eigenvalue weighted by molar-refractivity contribution is 0.413. The first kappa shape index (κ1) is 24.8. The van der Waals surface area contributed by atoms with Gasteiger partial charge in [-0.2, -0.15) is 0 Å². The Morgan fingerprint density at radius 3 is 1.40 bits per heavy atom. The molecule has 40 heavy (non-hydrogen) atoms. The van der Waals surface area contributed by atoms with Gasteiger partial charge in [-0.1, -0.05) is 36.1 Å². The minimum atomic E-state index is -0.123. The molecule has 4 aromatic carbocycles.